The molecule has 0 spiro atoms. The van der Waals surface area contributed by atoms with Crippen molar-refractivity contribution in [3.8, 4) is 0 Å². The van der Waals surface area contributed by atoms with Crippen molar-refractivity contribution in [2.75, 3.05) is 5.32 Å². The summed E-state index contributed by atoms with van der Waals surface area (Å²) in [6.45, 7) is 2.11. The molecule has 1 heterocycles. The second kappa shape index (κ2) is 2.97. The Balaban J connectivity index is 2.21. The molecule has 1 aliphatic rings. The van der Waals surface area contributed by atoms with Gasteiger partial charge in [-0.25, -0.2) is 0 Å². The molecule has 6 heteroatoms. The van der Waals surface area contributed by atoms with Gasteiger partial charge < -0.3 is 15.4 Å². The van der Waals surface area contributed by atoms with Gasteiger partial charge in [0.25, 0.3) is 0 Å². The van der Waals surface area contributed by atoms with E-state index in [0.29, 0.717) is 17.8 Å². The summed E-state index contributed by atoms with van der Waals surface area (Å²) in [5.41, 5.74) is 0. The lowest BCUT2D eigenvalue weighted by molar-refractivity contribution is -0.388. The van der Waals surface area contributed by atoms with Crippen molar-refractivity contribution < 1.29 is 4.92 Å². The van der Waals surface area contributed by atoms with Gasteiger partial charge in [0.1, 0.15) is 0 Å². The molecule has 0 aliphatic heterocycles. The van der Waals surface area contributed by atoms with Crippen molar-refractivity contribution in [2.24, 2.45) is 13.0 Å². The fourth-order valence-corrected chi connectivity index (χ4v) is 1.42. The number of hydrogen-bond donors (Lipinski definition) is 1. The fraction of sp³-hybridized carbons (Fsp3) is 0.625. The maximum atomic E-state index is 10.6. The van der Waals surface area contributed by atoms with Gasteiger partial charge in [-0.05, 0) is 22.2 Å². The third-order valence-electron chi connectivity index (χ3n) is 2.52. The summed E-state index contributed by atoms with van der Waals surface area (Å²) in [7, 11) is 1.75. The minimum Gasteiger partial charge on any atom is -0.361 e. The molecular formula is C8H12N4O2. The van der Waals surface area contributed by atoms with Crippen molar-refractivity contribution in [3.05, 3.63) is 16.4 Å². The number of aryl methyl sites for hydroxylation is 1. The maximum Gasteiger partial charge on any atom is 0.406 e. The molecule has 1 aromatic rings. The van der Waals surface area contributed by atoms with Crippen LogP contribution in [0.25, 0.3) is 0 Å². The Morgan fingerprint density at radius 3 is 2.93 bits per heavy atom. The van der Waals surface area contributed by atoms with E-state index in [-0.39, 0.29) is 5.82 Å². The first kappa shape index (κ1) is 8.98. The highest BCUT2D eigenvalue weighted by molar-refractivity contribution is 5.53. The third-order valence-corrected chi connectivity index (χ3v) is 2.52. The lowest BCUT2D eigenvalue weighted by atomic mass is 10.4. The molecule has 6 nitrogen and oxygen atoms in total. The molecule has 1 saturated carbocycles. The van der Waals surface area contributed by atoms with Crippen molar-refractivity contribution in [3.63, 3.8) is 0 Å². The predicted molar refractivity (Wildman–Crippen MR) is 51.1 cm³/mol. The first-order valence-corrected chi connectivity index (χ1v) is 4.52. The Bertz CT molecular complexity index is 373. The summed E-state index contributed by atoms with van der Waals surface area (Å²) in [6, 6.07) is 0.365. The maximum absolute atomic E-state index is 10.6. The van der Waals surface area contributed by atoms with Crippen LogP contribution in [0.2, 0.25) is 0 Å². The summed E-state index contributed by atoms with van der Waals surface area (Å²) in [4.78, 5) is 13.9. The van der Waals surface area contributed by atoms with Gasteiger partial charge in [0.05, 0.1) is 0 Å². The lowest BCUT2D eigenvalue weighted by Crippen LogP contribution is -2.08. The number of nitrogens with one attached hydrogen (secondary N) is 1. The van der Waals surface area contributed by atoms with E-state index in [1.54, 1.807) is 11.6 Å². The van der Waals surface area contributed by atoms with Crippen LogP contribution in [-0.4, -0.2) is 20.5 Å². The van der Waals surface area contributed by atoms with Gasteiger partial charge in [0, 0.05) is 13.1 Å². The van der Waals surface area contributed by atoms with Crippen LogP contribution in [0, 0.1) is 16.0 Å². The molecular weight excluding hydrogens is 184 g/mol. The van der Waals surface area contributed by atoms with Crippen molar-refractivity contribution in [2.45, 2.75) is 19.4 Å². The molecule has 0 amide bonds. The molecule has 0 radical (unpaired) electrons. The van der Waals surface area contributed by atoms with Gasteiger partial charge in [-0.3, -0.25) is 4.57 Å². The molecule has 1 aromatic heterocycles. The number of hydrogen-bond acceptors (Lipinski definition) is 4. The summed E-state index contributed by atoms with van der Waals surface area (Å²) < 4.78 is 1.64. The summed E-state index contributed by atoms with van der Waals surface area (Å²) >= 11 is 0. The largest absolute Gasteiger partial charge is 0.406 e. The highest BCUT2D eigenvalue weighted by atomic mass is 16.6. The van der Waals surface area contributed by atoms with E-state index >= 15 is 0 Å². The number of anilines is 1. The minimum atomic E-state index is -0.463. The molecule has 0 saturated heterocycles. The topological polar surface area (TPSA) is 73.0 Å². The van der Waals surface area contributed by atoms with E-state index in [1.807, 2.05) is 0 Å². The first-order valence-electron chi connectivity index (χ1n) is 4.52. The van der Waals surface area contributed by atoms with E-state index in [1.165, 1.54) is 6.33 Å². The number of rotatable bonds is 3. The molecule has 1 aliphatic carbocycles. The molecule has 2 rings (SSSR count). The van der Waals surface area contributed by atoms with Crippen LogP contribution in [0.5, 0.6) is 0 Å². The fourth-order valence-electron chi connectivity index (χ4n) is 1.42. The van der Waals surface area contributed by atoms with Gasteiger partial charge in [-0.15, -0.1) is 0 Å². The second-order valence-corrected chi connectivity index (χ2v) is 3.75. The van der Waals surface area contributed by atoms with Gasteiger partial charge in [-0.2, -0.15) is 0 Å². The van der Waals surface area contributed by atoms with Gasteiger partial charge >= 0.3 is 5.82 Å². The third kappa shape index (κ3) is 1.43. The van der Waals surface area contributed by atoms with Crippen LogP contribution < -0.4 is 5.32 Å². The van der Waals surface area contributed by atoms with E-state index in [9.17, 15) is 10.1 Å². The molecule has 0 aromatic carbocycles. The molecule has 0 unspecified atom stereocenters. The molecule has 1 N–H and O–H groups in total. The van der Waals surface area contributed by atoms with Crippen LogP contribution in [0.1, 0.15) is 13.3 Å². The Morgan fingerprint density at radius 2 is 2.43 bits per heavy atom. The normalized spacial score (nSPS) is 24.7. The second-order valence-electron chi connectivity index (χ2n) is 3.75. The smallest absolute Gasteiger partial charge is 0.361 e. The van der Waals surface area contributed by atoms with Gasteiger partial charge in [-0.1, -0.05) is 6.92 Å². The van der Waals surface area contributed by atoms with E-state index in [4.69, 9.17) is 0 Å². The molecule has 2 atom stereocenters. The first-order chi connectivity index (χ1) is 6.59. The summed E-state index contributed by atoms with van der Waals surface area (Å²) in [6.07, 6.45) is 2.52. The molecule has 0 bridgehead atoms. The number of imidazole rings is 1. The monoisotopic (exact) mass is 196 g/mol. The predicted octanol–water partition coefficient (Wildman–Crippen LogP) is 1.15. The van der Waals surface area contributed by atoms with E-state index < -0.39 is 4.92 Å². The Morgan fingerprint density at radius 1 is 1.79 bits per heavy atom. The number of nitro groups is 1. The van der Waals surface area contributed by atoms with Crippen LogP contribution in [0.4, 0.5) is 11.6 Å². The summed E-state index contributed by atoms with van der Waals surface area (Å²) in [5.74, 6) is 1.01. The van der Waals surface area contributed by atoms with E-state index in [2.05, 4.69) is 17.2 Å². The van der Waals surface area contributed by atoms with Crippen LogP contribution in [0.3, 0.4) is 0 Å². The molecule has 14 heavy (non-hydrogen) atoms. The highest BCUT2D eigenvalue weighted by Gasteiger charge is 2.35. The Hall–Kier alpha value is -1.59. The average Bonchev–Trinajstić information content (AvgIpc) is 2.65. The van der Waals surface area contributed by atoms with Gasteiger partial charge in [0.2, 0.25) is 12.1 Å². The van der Waals surface area contributed by atoms with Crippen LogP contribution in [-0.2, 0) is 7.05 Å². The van der Waals surface area contributed by atoms with Crippen LogP contribution in [0.15, 0.2) is 6.33 Å². The molecule has 1 fully saturated rings. The van der Waals surface area contributed by atoms with Crippen molar-refractivity contribution >= 4 is 11.6 Å². The van der Waals surface area contributed by atoms with Crippen LogP contribution >= 0.6 is 0 Å². The van der Waals surface area contributed by atoms with E-state index in [0.717, 1.165) is 6.42 Å². The standard InChI is InChI=1S/C8H12N4O2/c1-5-3-6(5)10-8-7(12(13)14)9-4-11(8)2/h4-6,10H,3H2,1-2H3/t5-,6-/m1/s1. The van der Waals surface area contributed by atoms with Gasteiger partial charge in [0.15, 0.2) is 0 Å². The zero-order chi connectivity index (χ0) is 10.3. The number of aromatic nitrogens is 2. The zero-order valence-electron chi connectivity index (χ0n) is 8.10. The average molecular weight is 196 g/mol. The summed E-state index contributed by atoms with van der Waals surface area (Å²) in [5, 5.41) is 13.7. The quantitative estimate of drug-likeness (QED) is 0.581. The Kier molecular flexibility index (Phi) is 1.90. The Labute approximate surface area is 81.1 Å². The number of nitrogens with zero attached hydrogens (tertiary/aromatic N) is 3. The SMILES string of the molecule is C[C@@H]1C[C@H]1Nc1c([N+](=O)[O-])ncn1C. The lowest BCUT2D eigenvalue weighted by Gasteiger charge is -2.03. The van der Waals surface area contributed by atoms with Crippen molar-refractivity contribution in [1.29, 1.82) is 0 Å². The van der Waals surface area contributed by atoms with Crippen molar-refractivity contribution in [1.82, 2.24) is 9.55 Å². The zero-order valence-corrected chi connectivity index (χ0v) is 8.10. The molecule has 76 valence electrons. The minimum absolute atomic E-state index is 0.0911. The highest BCUT2D eigenvalue weighted by Crippen LogP contribution is 2.34.